The summed E-state index contributed by atoms with van der Waals surface area (Å²) >= 11 is 0. The summed E-state index contributed by atoms with van der Waals surface area (Å²) in [5.74, 6) is 0. The van der Waals surface area contributed by atoms with Gasteiger partial charge in [-0.1, -0.05) is 30.3 Å². The maximum absolute atomic E-state index is 6.33. The zero-order valence-corrected chi connectivity index (χ0v) is 11.3. The van der Waals surface area contributed by atoms with E-state index in [1.165, 1.54) is 5.56 Å². The molecule has 0 aliphatic heterocycles. The van der Waals surface area contributed by atoms with Crippen LogP contribution in [-0.4, -0.2) is 19.3 Å². The highest BCUT2D eigenvalue weighted by Gasteiger charge is 2.14. The van der Waals surface area contributed by atoms with Crippen LogP contribution in [-0.2, 0) is 13.5 Å². The fourth-order valence-corrected chi connectivity index (χ4v) is 2.30. The molecule has 0 unspecified atom stereocenters. The van der Waals surface area contributed by atoms with Crippen molar-refractivity contribution in [2.24, 2.45) is 12.8 Å². The lowest BCUT2D eigenvalue weighted by Crippen LogP contribution is -2.16. The SMILES string of the molecule is Cn1cc(-n2cncc2[C@H](N)Cc2ccccc2)cn1. The molecule has 1 aromatic carbocycles. The third-order valence-corrected chi connectivity index (χ3v) is 3.31. The van der Waals surface area contributed by atoms with Crippen LogP contribution in [0.5, 0.6) is 0 Å². The zero-order chi connectivity index (χ0) is 13.9. The highest BCUT2D eigenvalue weighted by Crippen LogP contribution is 2.19. The van der Waals surface area contributed by atoms with Crippen molar-refractivity contribution in [3.8, 4) is 5.69 Å². The third kappa shape index (κ3) is 2.48. The molecular formula is C15H17N5. The largest absolute Gasteiger partial charge is 0.322 e. The molecule has 5 heteroatoms. The van der Waals surface area contributed by atoms with E-state index in [-0.39, 0.29) is 6.04 Å². The van der Waals surface area contributed by atoms with Crippen molar-refractivity contribution >= 4 is 0 Å². The molecule has 0 fully saturated rings. The molecule has 0 saturated carbocycles. The number of benzene rings is 1. The van der Waals surface area contributed by atoms with Crippen LogP contribution in [0.2, 0.25) is 0 Å². The van der Waals surface area contributed by atoms with Gasteiger partial charge in [0.25, 0.3) is 0 Å². The second-order valence-corrected chi connectivity index (χ2v) is 4.86. The van der Waals surface area contributed by atoms with Gasteiger partial charge in [-0.15, -0.1) is 0 Å². The van der Waals surface area contributed by atoms with Crippen LogP contribution >= 0.6 is 0 Å². The Morgan fingerprint density at radius 1 is 1.20 bits per heavy atom. The van der Waals surface area contributed by atoms with Crippen molar-refractivity contribution in [1.82, 2.24) is 19.3 Å². The van der Waals surface area contributed by atoms with Gasteiger partial charge in [0.1, 0.15) is 0 Å². The lowest BCUT2D eigenvalue weighted by Gasteiger charge is -2.13. The van der Waals surface area contributed by atoms with E-state index in [1.54, 1.807) is 17.2 Å². The molecule has 0 bridgehead atoms. The molecule has 2 aromatic heterocycles. The molecular weight excluding hydrogens is 250 g/mol. The summed E-state index contributed by atoms with van der Waals surface area (Å²) in [5, 5.41) is 4.18. The van der Waals surface area contributed by atoms with Crippen LogP contribution in [0.25, 0.3) is 5.69 Å². The Morgan fingerprint density at radius 3 is 2.70 bits per heavy atom. The Morgan fingerprint density at radius 2 is 2.00 bits per heavy atom. The Bertz CT molecular complexity index is 683. The fourth-order valence-electron chi connectivity index (χ4n) is 2.30. The lowest BCUT2D eigenvalue weighted by molar-refractivity contribution is 0.678. The standard InChI is InChI=1S/C15H17N5/c1-19-10-13(8-18-19)20-11-17-9-15(20)14(16)7-12-5-3-2-4-6-12/h2-6,8-11,14H,7,16H2,1H3/t14-/m1/s1. The summed E-state index contributed by atoms with van der Waals surface area (Å²) in [6.07, 6.45) is 8.13. The molecule has 0 saturated heterocycles. The van der Waals surface area contributed by atoms with E-state index in [4.69, 9.17) is 5.73 Å². The zero-order valence-electron chi connectivity index (χ0n) is 11.3. The van der Waals surface area contributed by atoms with Gasteiger partial charge in [0, 0.05) is 13.2 Å². The quantitative estimate of drug-likeness (QED) is 0.784. The highest BCUT2D eigenvalue weighted by molar-refractivity contribution is 5.30. The maximum Gasteiger partial charge on any atom is 0.0995 e. The van der Waals surface area contributed by atoms with Crippen LogP contribution in [0.15, 0.2) is 55.2 Å². The number of nitrogens with zero attached hydrogens (tertiary/aromatic N) is 4. The van der Waals surface area contributed by atoms with E-state index >= 15 is 0 Å². The average Bonchev–Trinajstić information content (AvgIpc) is 3.08. The van der Waals surface area contributed by atoms with Crippen LogP contribution in [0, 0.1) is 0 Å². The van der Waals surface area contributed by atoms with Crippen molar-refractivity contribution in [3.63, 3.8) is 0 Å². The summed E-state index contributed by atoms with van der Waals surface area (Å²) < 4.78 is 3.75. The Balaban J connectivity index is 1.86. The number of aryl methyl sites for hydroxylation is 1. The van der Waals surface area contributed by atoms with E-state index in [0.29, 0.717) is 0 Å². The molecule has 3 aromatic rings. The molecule has 3 rings (SSSR count). The summed E-state index contributed by atoms with van der Waals surface area (Å²) in [5.41, 5.74) is 9.51. The predicted octanol–water partition coefficient (Wildman–Crippen LogP) is 1.85. The molecule has 0 aliphatic carbocycles. The number of imidazole rings is 1. The minimum absolute atomic E-state index is 0.0971. The van der Waals surface area contributed by atoms with Crippen LogP contribution < -0.4 is 5.73 Å². The first-order valence-electron chi connectivity index (χ1n) is 6.55. The van der Waals surface area contributed by atoms with Crippen LogP contribution in [0.1, 0.15) is 17.3 Å². The van der Waals surface area contributed by atoms with Crippen molar-refractivity contribution in [2.75, 3.05) is 0 Å². The molecule has 0 spiro atoms. The van der Waals surface area contributed by atoms with Gasteiger partial charge in [-0.25, -0.2) is 4.98 Å². The maximum atomic E-state index is 6.33. The first-order valence-corrected chi connectivity index (χ1v) is 6.55. The molecule has 0 amide bonds. The number of hydrogen-bond acceptors (Lipinski definition) is 3. The van der Waals surface area contributed by atoms with Gasteiger partial charge in [-0.3, -0.25) is 9.25 Å². The van der Waals surface area contributed by atoms with Crippen LogP contribution in [0.4, 0.5) is 0 Å². The Kier molecular flexibility index (Phi) is 3.35. The third-order valence-electron chi connectivity index (χ3n) is 3.31. The van der Waals surface area contributed by atoms with Gasteiger partial charge >= 0.3 is 0 Å². The molecule has 2 N–H and O–H groups in total. The van der Waals surface area contributed by atoms with Gasteiger partial charge < -0.3 is 5.73 Å². The summed E-state index contributed by atoms with van der Waals surface area (Å²) in [6, 6.07) is 10.1. The van der Waals surface area contributed by atoms with Crippen molar-refractivity contribution in [1.29, 1.82) is 0 Å². The van der Waals surface area contributed by atoms with E-state index in [9.17, 15) is 0 Å². The topological polar surface area (TPSA) is 61.7 Å². The smallest absolute Gasteiger partial charge is 0.0995 e. The van der Waals surface area contributed by atoms with Crippen molar-refractivity contribution < 1.29 is 0 Å². The van der Waals surface area contributed by atoms with Gasteiger partial charge in [0.2, 0.25) is 0 Å². The summed E-state index contributed by atoms with van der Waals surface area (Å²) in [7, 11) is 1.89. The second-order valence-electron chi connectivity index (χ2n) is 4.86. The number of nitrogens with two attached hydrogens (primary N) is 1. The number of hydrogen-bond donors (Lipinski definition) is 1. The molecule has 0 radical (unpaired) electrons. The molecule has 20 heavy (non-hydrogen) atoms. The second kappa shape index (κ2) is 5.30. The molecule has 1 atom stereocenters. The van der Waals surface area contributed by atoms with Crippen molar-refractivity contribution in [2.45, 2.75) is 12.5 Å². The monoisotopic (exact) mass is 267 g/mol. The first kappa shape index (κ1) is 12.6. The minimum atomic E-state index is -0.0971. The van der Waals surface area contributed by atoms with Gasteiger partial charge in [-0.2, -0.15) is 5.10 Å². The van der Waals surface area contributed by atoms with E-state index in [2.05, 4.69) is 22.2 Å². The Labute approximate surface area is 117 Å². The van der Waals surface area contributed by atoms with E-state index in [0.717, 1.165) is 17.8 Å². The molecule has 102 valence electrons. The van der Waals surface area contributed by atoms with Gasteiger partial charge in [-0.05, 0) is 12.0 Å². The predicted molar refractivity (Wildman–Crippen MR) is 77.4 cm³/mol. The van der Waals surface area contributed by atoms with Crippen LogP contribution in [0.3, 0.4) is 0 Å². The minimum Gasteiger partial charge on any atom is -0.322 e. The molecule has 2 heterocycles. The number of aromatic nitrogens is 4. The van der Waals surface area contributed by atoms with E-state index in [1.807, 2.05) is 42.2 Å². The first-order chi connectivity index (χ1) is 9.74. The summed E-state index contributed by atoms with van der Waals surface area (Å²) in [4.78, 5) is 4.22. The average molecular weight is 267 g/mol. The molecule has 0 aliphatic rings. The van der Waals surface area contributed by atoms with Gasteiger partial charge in [0.05, 0.1) is 36.1 Å². The van der Waals surface area contributed by atoms with Gasteiger partial charge in [0.15, 0.2) is 0 Å². The fraction of sp³-hybridized carbons (Fsp3) is 0.200. The lowest BCUT2D eigenvalue weighted by atomic mass is 10.0. The molecule has 5 nitrogen and oxygen atoms in total. The summed E-state index contributed by atoms with van der Waals surface area (Å²) in [6.45, 7) is 0. The highest BCUT2D eigenvalue weighted by atomic mass is 15.3. The number of rotatable bonds is 4. The van der Waals surface area contributed by atoms with Crippen molar-refractivity contribution in [3.05, 3.63) is 66.5 Å². The van der Waals surface area contributed by atoms with E-state index < -0.39 is 0 Å². The normalized spacial score (nSPS) is 12.5. The Hall–Kier alpha value is -2.40.